The average molecular weight is 235 g/mol. The first-order valence-electron chi connectivity index (χ1n) is 5.90. The second kappa shape index (κ2) is 4.19. The summed E-state index contributed by atoms with van der Waals surface area (Å²) in [6, 6.07) is 4.48. The van der Waals surface area contributed by atoms with Gasteiger partial charge in [0.25, 0.3) is 0 Å². The molecule has 2 heterocycles. The maximum absolute atomic E-state index is 5.82. The molecule has 0 aromatic carbocycles. The quantitative estimate of drug-likeness (QED) is 0.756. The van der Waals surface area contributed by atoms with Gasteiger partial charge in [-0.05, 0) is 48.9 Å². The van der Waals surface area contributed by atoms with Crippen molar-refractivity contribution in [1.82, 2.24) is 10.3 Å². The number of hydrogen-bond acceptors (Lipinski definition) is 2. The first-order valence-corrected chi connectivity index (χ1v) is 6.28. The number of halogens is 1. The Kier molecular flexibility index (Phi) is 2.70. The summed E-state index contributed by atoms with van der Waals surface area (Å²) < 4.78 is 0. The number of fused-ring (bicyclic) bond motifs is 1. The van der Waals surface area contributed by atoms with Crippen LogP contribution in [0.1, 0.15) is 24.8 Å². The third kappa shape index (κ3) is 1.76. The van der Waals surface area contributed by atoms with Gasteiger partial charge in [-0.1, -0.05) is 23.7 Å². The van der Waals surface area contributed by atoms with Crippen LogP contribution < -0.4 is 5.32 Å². The Bertz CT molecular complexity index is 410. The van der Waals surface area contributed by atoms with E-state index in [1.807, 2.05) is 12.3 Å². The van der Waals surface area contributed by atoms with Gasteiger partial charge in [-0.25, -0.2) is 4.98 Å². The highest BCUT2D eigenvalue weighted by atomic mass is 35.5. The highest BCUT2D eigenvalue weighted by molar-refractivity contribution is 6.29. The minimum atomic E-state index is 0.539. The van der Waals surface area contributed by atoms with Crippen LogP contribution in [0.2, 0.25) is 5.15 Å². The molecular formula is C13H15ClN2. The SMILES string of the molecule is Clc1ccc(C2=CCCC3CCNC23)cn1. The summed E-state index contributed by atoms with van der Waals surface area (Å²) in [4.78, 5) is 4.17. The van der Waals surface area contributed by atoms with E-state index in [4.69, 9.17) is 11.6 Å². The van der Waals surface area contributed by atoms with E-state index in [-0.39, 0.29) is 0 Å². The molecule has 0 amide bonds. The van der Waals surface area contributed by atoms with E-state index in [1.165, 1.54) is 30.4 Å². The van der Waals surface area contributed by atoms with Gasteiger partial charge in [0.05, 0.1) is 0 Å². The Morgan fingerprint density at radius 1 is 1.31 bits per heavy atom. The van der Waals surface area contributed by atoms with E-state index in [1.54, 1.807) is 0 Å². The van der Waals surface area contributed by atoms with Gasteiger partial charge >= 0.3 is 0 Å². The van der Waals surface area contributed by atoms with E-state index >= 15 is 0 Å². The zero-order chi connectivity index (χ0) is 11.0. The van der Waals surface area contributed by atoms with Crippen molar-refractivity contribution in [3.8, 4) is 0 Å². The van der Waals surface area contributed by atoms with Gasteiger partial charge in [0.15, 0.2) is 0 Å². The molecule has 0 saturated carbocycles. The van der Waals surface area contributed by atoms with Gasteiger partial charge in [0, 0.05) is 12.2 Å². The van der Waals surface area contributed by atoms with Crippen LogP contribution in [0, 0.1) is 5.92 Å². The van der Waals surface area contributed by atoms with Crippen LogP contribution in [0.3, 0.4) is 0 Å². The molecule has 0 radical (unpaired) electrons. The van der Waals surface area contributed by atoms with Crippen LogP contribution in [0.15, 0.2) is 24.4 Å². The van der Waals surface area contributed by atoms with Crippen molar-refractivity contribution < 1.29 is 0 Å². The second-order valence-electron chi connectivity index (χ2n) is 4.59. The molecule has 1 aromatic rings. The standard InChI is InChI=1S/C13H15ClN2/c14-12-5-4-10(8-16-12)11-3-1-2-9-6-7-15-13(9)11/h3-5,8-9,13,15H,1-2,6-7H2. The van der Waals surface area contributed by atoms with E-state index in [0.717, 1.165) is 12.5 Å². The Morgan fingerprint density at radius 2 is 2.25 bits per heavy atom. The van der Waals surface area contributed by atoms with Crippen molar-refractivity contribution in [1.29, 1.82) is 0 Å². The van der Waals surface area contributed by atoms with Gasteiger partial charge in [-0.3, -0.25) is 0 Å². The van der Waals surface area contributed by atoms with E-state index in [9.17, 15) is 0 Å². The molecule has 16 heavy (non-hydrogen) atoms. The summed E-state index contributed by atoms with van der Waals surface area (Å²) in [5.41, 5.74) is 2.63. The van der Waals surface area contributed by atoms with Gasteiger partial charge < -0.3 is 5.32 Å². The van der Waals surface area contributed by atoms with E-state index in [0.29, 0.717) is 11.2 Å². The molecule has 1 aliphatic heterocycles. The minimum absolute atomic E-state index is 0.539. The second-order valence-corrected chi connectivity index (χ2v) is 4.97. The molecule has 1 aromatic heterocycles. The Balaban J connectivity index is 1.93. The molecular weight excluding hydrogens is 220 g/mol. The molecule has 2 nitrogen and oxygen atoms in total. The normalized spacial score (nSPS) is 28.7. The number of rotatable bonds is 1. The maximum Gasteiger partial charge on any atom is 0.129 e. The van der Waals surface area contributed by atoms with Crippen molar-refractivity contribution >= 4 is 17.2 Å². The third-order valence-electron chi connectivity index (χ3n) is 3.65. The minimum Gasteiger partial charge on any atom is -0.310 e. The van der Waals surface area contributed by atoms with Gasteiger partial charge in [-0.2, -0.15) is 0 Å². The maximum atomic E-state index is 5.82. The van der Waals surface area contributed by atoms with Gasteiger partial charge in [-0.15, -0.1) is 0 Å². The van der Waals surface area contributed by atoms with E-state index in [2.05, 4.69) is 22.4 Å². The molecule has 1 N–H and O–H groups in total. The molecule has 2 unspecified atom stereocenters. The number of aromatic nitrogens is 1. The van der Waals surface area contributed by atoms with Crippen molar-refractivity contribution in [2.75, 3.05) is 6.54 Å². The molecule has 84 valence electrons. The summed E-state index contributed by atoms with van der Waals surface area (Å²) in [7, 11) is 0. The lowest BCUT2D eigenvalue weighted by atomic mass is 9.82. The number of hydrogen-bond donors (Lipinski definition) is 1. The van der Waals surface area contributed by atoms with Crippen LogP contribution in [0.5, 0.6) is 0 Å². The summed E-state index contributed by atoms with van der Waals surface area (Å²) in [5.74, 6) is 0.815. The van der Waals surface area contributed by atoms with Crippen molar-refractivity contribution in [2.24, 2.45) is 5.92 Å². The zero-order valence-electron chi connectivity index (χ0n) is 9.12. The fourth-order valence-corrected chi connectivity index (χ4v) is 2.97. The number of pyridine rings is 1. The van der Waals surface area contributed by atoms with Crippen molar-refractivity contribution in [3.05, 3.63) is 35.1 Å². The Hall–Kier alpha value is -0.860. The van der Waals surface area contributed by atoms with Crippen LogP contribution in [0.4, 0.5) is 0 Å². The lowest BCUT2D eigenvalue weighted by Gasteiger charge is -2.26. The molecule has 1 aliphatic carbocycles. The number of nitrogens with zero attached hydrogens (tertiary/aromatic N) is 1. The average Bonchev–Trinajstić information content (AvgIpc) is 2.78. The Labute approximate surface area is 101 Å². The highest BCUT2D eigenvalue weighted by Gasteiger charge is 2.32. The zero-order valence-corrected chi connectivity index (χ0v) is 9.87. The predicted octanol–water partition coefficient (Wildman–Crippen LogP) is 2.89. The summed E-state index contributed by atoms with van der Waals surface area (Å²) >= 11 is 5.82. The molecule has 0 bridgehead atoms. The third-order valence-corrected chi connectivity index (χ3v) is 3.87. The fourth-order valence-electron chi connectivity index (χ4n) is 2.86. The first-order chi connectivity index (χ1) is 7.84. The van der Waals surface area contributed by atoms with Crippen molar-refractivity contribution in [2.45, 2.75) is 25.3 Å². The first kappa shape index (κ1) is 10.3. The monoisotopic (exact) mass is 234 g/mol. The molecule has 1 fully saturated rings. The highest BCUT2D eigenvalue weighted by Crippen LogP contribution is 2.35. The molecule has 0 spiro atoms. The number of allylic oxidation sites excluding steroid dienone is 1. The van der Waals surface area contributed by atoms with E-state index < -0.39 is 0 Å². The molecule has 2 atom stereocenters. The van der Waals surface area contributed by atoms with Crippen LogP contribution in [-0.2, 0) is 0 Å². The summed E-state index contributed by atoms with van der Waals surface area (Å²) in [6.07, 6.45) is 8.06. The molecule has 3 heteroatoms. The largest absolute Gasteiger partial charge is 0.310 e. The van der Waals surface area contributed by atoms with Gasteiger partial charge in [0.1, 0.15) is 5.15 Å². The summed E-state index contributed by atoms with van der Waals surface area (Å²) in [6.45, 7) is 1.15. The molecule has 1 saturated heterocycles. The van der Waals surface area contributed by atoms with Crippen molar-refractivity contribution in [3.63, 3.8) is 0 Å². The lowest BCUT2D eigenvalue weighted by Crippen LogP contribution is -2.30. The fraction of sp³-hybridized carbons (Fsp3) is 0.462. The number of nitrogens with one attached hydrogen (secondary N) is 1. The van der Waals surface area contributed by atoms with Crippen LogP contribution in [-0.4, -0.2) is 17.6 Å². The summed E-state index contributed by atoms with van der Waals surface area (Å²) in [5, 5.41) is 4.16. The van der Waals surface area contributed by atoms with Crippen LogP contribution >= 0.6 is 11.6 Å². The topological polar surface area (TPSA) is 24.9 Å². The predicted molar refractivity (Wildman–Crippen MR) is 66.4 cm³/mol. The smallest absolute Gasteiger partial charge is 0.129 e. The van der Waals surface area contributed by atoms with Gasteiger partial charge in [0.2, 0.25) is 0 Å². The Morgan fingerprint density at radius 3 is 3.06 bits per heavy atom. The molecule has 2 aliphatic rings. The lowest BCUT2D eigenvalue weighted by molar-refractivity contribution is 0.470. The van der Waals surface area contributed by atoms with Crippen LogP contribution in [0.25, 0.3) is 5.57 Å². The molecule has 3 rings (SSSR count).